The van der Waals surface area contributed by atoms with E-state index < -0.39 is 23.6 Å². The number of carbonyl (C=O) groups excluding carboxylic acids is 3. The fourth-order valence-electron chi connectivity index (χ4n) is 2.93. The Morgan fingerprint density at radius 1 is 1.14 bits per heavy atom. The van der Waals surface area contributed by atoms with Crippen molar-refractivity contribution >= 4 is 23.5 Å². The number of carbonyl (C=O) groups is 3. The van der Waals surface area contributed by atoms with Gasteiger partial charge in [0, 0.05) is 5.69 Å². The van der Waals surface area contributed by atoms with Gasteiger partial charge in [0.05, 0.1) is 12.1 Å². The lowest BCUT2D eigenvalue weighted by Gasteiger charge is -2.20. The van der Waals surface area contributed by atoms with Gasteiger partial charge in [-0.25, -0.2) is 4.79 Å². The molecule has 1 aliphatic rings. The molecule has 2 aromatic carbocycles. The zero-order chi connectivity index (χ0) is 21.0. The molecule has 8 nitrogen and oxygen atoms in total. The summed E-state index contributed by atoms with van der Waals surface area (Å²) in [5.41, 5.74) is -0.0482. The smallest absolute Gasteiger partial charge is 0.325 e. The quantitative estimate of drug-likeness (QED) is 0.620. The highest BCUT2D eigenvalue weighted by molar-refractivity contribution is 6.07. The molecule has 0 aromatic heterocycles. The number of amides is 4. The summed E-state index contributed by atoms with van der Waals surface area (Å²) < 4.78 is 5.61. The van der Waals surface area contributed by atoms with Gasteiger partial charge in [-0.3, -0.25) is 14.5 Å². The SMILES string of the molecule is CC1(C)NC(=O)N(C[C@H](O)COc2ccccc2C(=O)Nc2ccccc2)C1=O. The molecule has 0 aliphatic carbocycles. The molecule has 1 saturated heterocycles. The fourth-order valence-corrected chi connectivity index (χ4v) is 2.93. The molecular weight excluding hydrogens is 374 g/mol. The summed E-state index contributed by atoms with van der Waals surface area (Å²) >= 11 is 0. The van der Waals surface area contributed by atoms with Crippen LogP contribution in [-0.2, 0) is 4.79 Å². The molecule has 1 heterocycles. The lowest BCUT2D eigenvalue weighted by Crippen LogP contribution is -2.42. The number of para-hydroxylation sites is 2. The number of nitrogens with zero attached hydrogens (tertiary/aromatic N) is 1. The number of aliphatic hydroxyl groups is 1. The van der Waals surface area contributed by atoms with E-state index in [0.717, 1.165) is 4.90 Å². The van der Waals surface area contributed by atoms with Crippen molar-refractivity contribution in [2.45, 2.75) is 25.5 Å². The van der Waals surface area contributed by atoms with E-state index in [1.54, 1.807) is 50.2 Å². The van der Waals surface area contributed by atoms with Crippen LogP contribution in [0.4, 0.5) is 10.5 Å². The van der Waals surface area contributed by atoms with Gasteiger partial charge in [-0.2, -0.15) is 0 Å². The van der Waals surface area contributed by atoms with Gasteiger partial charge in [-0.1, -0.05) is 30.3 Å². The lowest BCUT2D eigenvalue weighted by molar-refractivity contribution is -0.131. The van der Waals surface area contributed by atoms with Crippen molar-refractivity contribution in [3.8, 4) is 5.75 Å². The Hall–Kier alpha value is -3.39. The third-order valence-electron chi connectivity index (χ3n) is 4.43. The van der Waals surface area contributed by atoms with E-state index in [1.807, 2.05) is 18.2 Å². The number of aliphatic hydroxyl groups excluding tert-OH is 1. The van der Waals surface area contributed by atoms with Crippen LogP contribution < -0.4 is 15.4 Å². The first-order valence-corrected chi connectivity index (χ1v) is 9.18. The van der Waals surface area contributed by atoms with Gasteiger partial charge in [-0.05, 0) is 38.1 Å². The minimum absolute atomic E-state index is 0.187. The topological polar surface area (TPSA) is 108 Å². The summed E-state index contributed by atoms with van der Waals surface area (Å²) in [5, 5.41) is 15.6. The van der Waals surface area contributed by atoms with Crippen molar-refractivity contribution in [1.82, 2.24) is 10.2 Å². The number of nitrogens with one attached hydrogen (secondary N) is 2. The van der Waals surface area contributed by atoms with Gasteiger partial charge < -0.3 is 20.5 Å². The maximum absolute atomic E-state index is 12.6. The second-order valence-electron chi connectivity index (χ2n) is 7.25. The highest BCUT2D eigenvalue weighted by atomic mass is 16.5. The van der Waals surface area contributed by atoms with Crippen molar-refractivity contribution in [2.75, 3.05) is 18.5 Å². The number of urea groups is 1. The lowest BCUT2D eigenvalue weighted by atomic mass is 10.1. The Kier molecular flexibility index (Phi) is 5.84. The van der Waals surface area contributed by atoms with Gasteiger partial charge in [0.2, 0.25) is 0 Å². The van der Waals surface area contributed by atoms with Gasteiger partial charge in [0.25, 0.3) is 11.8 Å². The van der Waals surface area contributed by atoms with E-state index >= 15 is 0 Å². The van der Waals surface area contributed by atoms with Crippen LogP contribution in [-0.4, -0.2) is 52.6 Å². The van der Waals surface area contributed by atoms with Crippen molar-refractivity contribution in [3.63, 3.8) is 0 Å². The zero-order valence-corrected chi connectivity index (χ0v) is 16.2. The molecule has 0 unspecified atom stereocenters. The minimum atomic E-state index is -1.11. The molecule has 0 bridgehead atoms. The molecule has 1 fully saturated rings. The van der Waals surface area contributed by atoms with Crippen LogP contribution in [0.25, 0.3) is 0 Å². The minimum Gasteiger partial charge on any atom is -0.490 e. The number of hydrogen-bond donors (Lipinski definition) is 3. The van der Waals surface area contributed by atoms with Crippen molar-refractivity contribution < 1.29 is 24.2 Å². The van der Waals surface area contributed by atoms with Crippen LogP contribution in [0.5, 0.6) is 5.75 Å². The normalized spacial score (nSPS) is 16.3. The second kappa shape index (κ2) is 8.32. The molecule has 152 valence electrons. The summed E-state index contributed by atoms with van der Waals surface area (Å²) in [4.78, 5) is 37.6. The first-order chi connectivity index (χ1) is 13.8. The Morgan fingerprint density at radius 2 is 1.79 bits per heavy atom. The Bertz CT molecular complexity index is 914. The largest absolute Gasteiger partial charge is 0.490 e. The molecule has 1 aliphatic heterocycles. The predicted molar refractivity (Wildman–Crippen MR) is 107 cm³/mol. The Balaban J connectivity index is 1.62. The molecule has 8 heteroatoms. The van der Waals surface area contributed by atoms with Gasteiger partial charge in [-0.15, -0.1) is 0 Å². The average Bonchev–Trinajstić information content (AvgIpc) is 2.89. The van der Waals surface area contributed by atoms with Gasteiger partial charge in [0.15, 0.2) is 0 Å². The summed E-state index contributed by atoms with van der Waals surface area (Å²) in [7, 11) is 0. The zero-order valence-electron chi connectivity index (χ0n) is 16.2. The molecule has 0 radical (unpaired) electrons. The highest BCUT2D eigenvalue weighted by Gasteiger charge is 2.44. The average molecular weight is 397 g/mol. The molecule has 2 aromatic rings. The van der Waals surface area contributed by atoms with Crippen LogP contribution in [0, 0.1) is 0 Å². The molecule has 0 spiro atoms. The van der Waals surface area contributed by atoms with E-state index in [2.05, 4.69) is 10.6 Å². The number of benzene rings is 2. The van der Waals surface area contributed by atoms with E-state index in [0.29, 0.717) is 11.3 Å². The van der Waals surface area contributed by atoms with Crippen LogP contribution in [0.3, 0.4) is 0 Å². The second-order valence-corrected chi connectivity index (χ2v) is 7.25. The summed E-state index contributed by atoms with van der Waals surface area (Å²) in [6.07, 6.45) is -1.11. The molecule has 3 N–H and O–H groups in total. The number of β-amino-alcohol motifs (C(OH)–C–C–N with tert-alkyl or cyclic N) is 1. The predicted octanol–water partition coefficient (Wildman–Crippen LogP) is 2.01. The van der Waals surface area contributed by atoms with E-state index in [-0.39, 0.29) is 24.8 Å². The van der Waals surface area contributed by atoms with E-state index in [1.165, 1.54) is 0 Å². The number of anilines is 1. The van der Waals surface area contributed by atoms with Crippen molar-refractivity contribution in [3.05, 3.63) is 60.2 Å². The van der Waals surface area contributed by atoms with Crippen molar-refractivity contribution in [2.24, 2.45) is 0 Å². The first kappa shape index (κ1) is 20.3. The first-order valence-electron chi connectivity index (χ1n) is 9.18. The van der Waals surface area contributed by atoms with Crippen LogP contribution in [0.2, 0.25) is 0 Å². The third-order valence-corrected chi connectivity index (χ3v) is 4.43. The Morgan fingerprint density at radius 3 is 2.45 bits per heavy atom. The van der Waals surface area contributed by atoms with E-state index in [9.17, 15) is 19.5 Å². The monoisotopic (exact) mass is 397 g/mol. The summed E-state index contributed by atoms with van der Waals surface area (Å²) in [6.45, 7) is 2.80. The van der Waals surface area contributed by atoms with Gasteiger partial charge >= 0.3 is 6.03 Å². The fraction of sp³-hybridized carbons (Fsp3) is 0.286. The molecule has 3 rings (SSSR count). The molecule has 1 atom stereocenters. The third kappa shape index (κ3) is 4.72. The van der Waals surface area contributed by atoms with Crippen LogP contribution >= 0.6 is 0 Å². The van der Waals surface area contributed by atoms with Crippen LogP contribution in [0.1, 0.15) is 24.2 Å². The maximum Gasteiger partial charge on any atom is 0.325 e. The maximum atomic E-state index is 12.6. The number of imide groups is 1. The van der Waals surface area contributed by atoms with Gasteiger partial charge in [0.1, 0.15) is 24.0 Å². The number of ether oxygens (including phenoxy) is 1. The van der Waals surface area contributed by atoms with Crippen molar-refractivity contribution in [1.29, 1.82) is 0 Å². The number of rotatable bonds is 7. The summed E-state index contributed by atoms with van der Waals surface area (Å²) in [6, 6.07) is 15.1. The molecular formula is C21H23N3O5. The number of hydrogen-bond acceptors (Lipinski definition) is 5. The standard InChI is InChI=1S/C21H23N3O5/c1-21(2)19(27)24(20(28)23-21)12-15(25)13-29-17-11-7-6-10-16(17)18(26)22-14-8-4-3-5-9-14/h3-11,15,25H,12-13H2,1-2H3,(H,22,26)(H,23,28)/t15-/m0/s1. The molecule has 29 heavy (non-hydrogen) atoms. The highest BCUT2D eigenvalue weighted by Crippen LogP contribution is 2.21. The molecule has 4 amide bonds. The summed E-state index contributed by atoms with van der Waals surface area (Å²) in [5.74, 6) is -0.473. The Labute approximate surface area is 168 Å². The van der Waals surface area contributed by atoms with Crippen LogP contribution in [0.15, 0.2) is 54.6 Å². The van der Waals surface area contributed by atoms with E-state index in [4.69, 9.17) is 4.74 Å². The molecule has 0 saturated carbocycles.